The van der Waals surface area contributed by atoms with Crippen molar-refractivity contribution in [2.24, 2.45) is 0 Å². The van der Waals surface area contributed by atoms with Gasteiger partial charge in [0, 0.05) is 6.04 Å². The van der Waals surface area contributed by atoms with Gasteiger partial charge < -0.3 is 5.32 Å². The van der Waals surface area contributed by atoms with Crippen LogP contribution in [0.3, 0.4) is 0 Å². The average molecular weight is 279 g/mol. The van der Waals surface area contributed by atoms with Crippen LogP contribution in [-0.2, 0) is 15.8 Å². The monoisotopic (exact) mass is 279 g/mol. The van der Waals surface area contributed by atoms with E-state index in [9.17, 15) is 8.42 Å². The summed E-state index contributed by atoms with van der Waals surface area (Å²) in [4.78, 5) is 0. The highest BCUT2D eigenvalue weighted by Crippen LogP contribution is 2.10. The van der Waals surface area contributed by atoms with E-state index >= 15 is 0 Å². The number of hydrogen-bond donors (Lipinski definition) is 2. The molecule has 0 radical (unpaired) electrons. The van der Waals surface area contributed by atoms with Gasteiger partial charge >= 0.3 is 0 Å². The van der Waals surface area contributed by atoms with E-state index in [4.69, 9.17) is 5.26 Å². The fourth-order valence-electron chi connectivity index (χ4n) is 2.13. The second-order valence-corrected chi connectivity index (χ2v) is 6.46. The maximum Gasteiger partial charge on any atom is 0.216 e. The second kappa shape index (κ2) is 6.15. The molecule has 0 spiro atoms. The molecule has 1 saturated heterocycles. The van der Waals surface area contributed by atoms with E-state index in [-0.39, 0.29) is 11.8 Å². The maximum atomic E-state index is 12.0. The molecule has 1 aromatic rings. The molecule has 1 aromatic carbocycles. The first-order valence-corrected chi connectivity index (χ1v) is 7.94. The summed E-state index contributed by atoms with van der Waals surface area (Å²) >= 11 is 0. The van der Waals surface area contributed by atoms with Gasteiger partial charge in [0.15, 0.2) is 0 Å². The molecule has 102 valence electrons. The normalized spacial score (nSPS) is 17.0. The molecule has 0 atom stereocenters. The number of nitrogens with zero attached hydrogens (tertiary/aromatic N) is 1. The molecule has 0 bridgehead atoms. The zero-order chi connectivity index (χ0) is 13.7. The Morgan fingerprint density at radius 2 is 1.89 bits per heavy atom. The van der Waals surface area contributed by atoms with E-state index in [0.29, 0.717) is 11.1 Å². The molecular formula is C13H17N3O2S. The SMILES string of the molecule is N#Cc1ccc(CS(=O)(=O)NC2CCNCC2)cc1. The molecule has 0 unspecified atom stereocenters. The lowest BCUT2D eigenvalue weighted by Crippen LogP contribution is -2.43. The number of nitriles is 1. The molecule has 5 nitrogen and oxygen atoms in total. The lowest BCUT2D eigenvalue weighted by Gasteiger charge is -2.23. The highest BCUT2D eigenvalue weighted by Gasteiger charge is 2.20. The van der Waals surface area contributed by atoms with Gasteiger partial charge in [-0.1, -0.05) is 12.1 Å². The largest absolute Gasteiger partial charge is 0.317 e. The van der Waals surface area contributed by atoms with Crippen molar-refractivity contribution in [1.82, 2.24) is 10.0 Å². The zero-order valence-electron chi connectivity index (χ0n) is 10.6. The van der Waals surface area contributed by atoms with Crippen LogP contribution in [0.15, 0.2) is 24.3 Å². The third kappa shape index (κ3) is 4.31. The number of hydrogen-bond acceptors (Lipinski definition) is 4. The lowest BCUT2D eigenvalue weighted by molar-refractivity contribution is 0.427. The van der Waals surface area contributed by atoms with E-state index in [1.165, 1.54) is 0 Å². The van der Waals surface area contributed by atoms with Crippen molar-refractivity contribution in [1.29, 1.82) is 5.26 Å². The summed E-state index contributed by atoms with van der Waals surface area (Å²) in [5.74, 6) is -0.0391. The van der Waals surface area contributed by atoms with Gasteiger partial charge in [0.25, 0.3) is 0 Å². The van der Waals surface area contributed by atoms with Crippen LogP contribution in [0.25, 0.3) is 0 Å². The summed E-state index contributed by atoms with van der Waals surface area (Å²) in [5.41, 5.74) is 1.23. The minimum absolute atomic E-state index is 0.0321. The van der Waals surface area contributed by atoms with Gasteiger partial charge in [0.1, 0.15) is 0 Å². The molecule has 1 aliphatic heterocycles. The average Bonchev–Trinajstić information content (AvgIpc) is 2.39. The fraction of sp³-hybridized carbons (Fsp3) is 0.462. The Labute approximate surface area is 113 Å². The van der Waals surface area contributed by atoms with Crippen LogP contribution >= 0.6 is 0 Å². The smallest absolute Gasteiger partial charge is 0.216 e. The first kappa shape index (κ1) is 14.0. The molecule has 6 heteroatoms. The van der Waals surface area contributed by atoms with Gasteiger partial charge in [0.2, 0.25) is 10.0 Å². The topological polar surface area (TPSA) is 82.0 Å². The van der Waals surface area contributed by atoms with Crippen molar-refractivity contribution in [2.75, 3.05) is 13.1 Å². The minimum Gasteiger partial charge on any atom is -0.317 e. The van der Waals surface area contributed by atoms with Crippen molar-refractivity contribution in [3.8, 4) is 6.07 Å². The van der Waals surface area contributed by atoms with Gasteiger partial charge in [-0.2, -0.15) is 5.26 Å². The number of piperidine rings is 1. The van der Waals surface area contributed by atoms with E-state index in [2.05, 4.69) is 10.0 Å². The predicted octanol–water partition coefficient (Wildman–Crippen LogP) is 0.730. The Kier molecular flexibility index (Phi) is 4.53. The van der Waals surface area contributed by atoms with Crippen LogP contribution in [0.2, 0.25) is 0 Å². The molecule has 2 rings (SSSR count). The summed E-state index contributed by atoms with van der Waals surface area (Å²) in [6.07, 6.45) is 1.65. The summed E-state index contributed by atoms with van der Waals surface area (Å²) in [6, 6.07) is 8.67. The van der Waals surface area contributed by atoms with Gasteiger partial charge in [-0.15, -0.1) is 0 Å². The predicted molar refractivity (Wildman–Crippen MR) is 72.8 cm³/mol. The molecule has 2 N–H and O–H groups in total. The first-order valence-electron chi connectivity index (χ1n) is 6.29. The standard InChI is InChI=1S/C13H17N3O2S/c14-9-11-1-3-12(4-2-11)10-19(17,18)16-13-5-7-15-8-6-13/h1-4,13,15-16H,5-8,10H2. The quantitative estimate of drug-likeness (QED) is 0.851. The lowest BCUT2D eigenvalue weighted by atomic mass is 10.1. The van der Waals surface area contributed by atoms with E-state index in [1.54, 1.807) is 24.3 Å². The highest BCUT2D eigenvalue weighted by molar-refractivity contribution is 7.88. The van der Waals surface area contributed by atoms with Crippen molar-refractivity contribution < 1.29 is 8.42 Å². The van der Waals surface area contributed by atoms with Gasteiger partial charge in [-0.25, -0.2) is 13.1 Å². The van der Waals surface area contributed by atoms with E-state index in [0.717, 1.165) is 25.9 Å². The molecule has 19 heavy (non-hydrogen) atoms. The fourth-order valence-corrected chi connectivity index (χ4v) is 3.59. The van der Waals surface area contributed by atoms with Gasteiger partial charge in [0.05, 0.1) is 17.4 Å². The molecular weight excluding hydrogens is 262 g/mol. The summed E-state index contributed by atoms with van der Waals surface area (Å²) in [5, 5.41) is 11.9. The Bertz CT molecular complexity index is 555. The van der Waals surface area contributed by atoms with Crippen LogP contribution in [0.1, 0.15) is 24.0 Å². The molecule has 0 aliphatic carbocycles. The van der Waals surface area contributed by atoms with Crippen LogP contribution in [0.4, 0.5) is 0 Å². The van der Waals surface area contributed by atoms with Gasteiger partial charge in [-0.05, 0) is 43.6 Å². The van der Waals surface area contributed by atoms with Gasteiger partial charge in [-0.3, -0.25) is 0 Å². The Morgan fingerprint density at radius 3 is 2.47 bits per heavy atom. The molecule has 0 amide bonds. The zero-order valence-corrected chi connectivity index (χ0v) is 11.4. The van der Waals surface area contributed by atoms with Crippen molar-refractivity contribution in [3.05, 3.63) is 35.4 Å². The number of rotatable bonds is 4. The van der Waals surface area contributed by atoms with Crippen LogP contribution in [-0.4, -0.2) is 27.5 Å². The third-order valence-electron chi connectivity index (χ3n) is 3.13. The Hall–Kier alpha value is -1.42. The van der Waals surface area contributed by atoms with Crippen LogP contribution < -0.4 is 10.0 Å². The highest BCUT2D eigenvalue weighted by atomic mass is 32.2. The molecule has 0 saturated carbocycles. The summed E-state index contributed by atoms with van der Waals surface area (Å²) < 4.78 is 26.8. The van der Waals surface area contributed by atoms with Crippen LogP contribution in [0.5, 0.6) is 0 Å². The van der Waals surface area contributed by atoms with E-state index in [1.807, 2.05) is 6.07 Å². The number of sulfonamides is 1. The molecule has 0 aromatic heterocycles. The van der Waals surface area contributed by atoms with E-state index < -0.39 is 10.0 Å². The first-order chi connectivity index (χ1) is 9.09. The Balaban J connectivity index is 1.97. The second-order valence-electron chi connectivity index (χ2n) is 4.71. The Morgan fingerprint density at radius 1 is 1.26 bits per heavy atom. The molecule has 1 aliphatic rings. The molecule has 1 heterocycles. The van der Waals surface area contributed by atoms with Crippen molar-refractivity contribution in [3.63, 3.8) is 0 Å². The van der Waals surface area contributed by atoms with Crippen molar-refractivity contribution in [2.45, 2.75) is 24.6 Å². The summed E-state index contributed by atoms with van der Waals surface area (Å²) in [7, 11) is -3.31. The maximum absolute atomic E-state index is 12.0. The number of nitrogens with one attached hydrogen (secondary N) is 2. The molecule has 1 fully saturated rings. The van der Waals surface area contributed by atoms with Crippen LogP contribution in [0, 0.1) is 11.3 Å². The minimum atomic E-state index is -3.31. The third-order valence-corrected chi connectivity index (χ3v) is 4.53. The summed E-state index contributed by atoms with van der Waals surface area (Å²) in [6.45, 7) is 1.70. The van der Waals surface area contributed by atoms with Crippen molar-refractivity contribution >= 4 is 10.0 Å². The number of benzene rings is 1.